The van der Waals surface area contributed by atoms with Gasteiger partial charge in [-0.3, -0.25) is 4.79 Å². The van der Waals surface area contributed by atoms with E-state index in [1.54, 1.807) is 27.4 Å². The molecule has 182 valence electrons. The Hall–Kier alpha value is -3.30. The second kappa shape index (κ2) is 10.3. The molecular formula is C25H29NO8. The molecule has 0 saturated heterocycles. The van der Waals surface area contributed by atoms with Crippen molar-refractivity contribution in [2.45, 2.75) is 25.0 Å². The summed E-state index contributed by atoms with van der Waals surface area (Å²) in [5.74, 6) is 0.935. The summed E-state index contributed by atoms with van der Waals surface area (Å²) >= 11 is 0. The van der Waals surface area contributed by atoms with E-state index in [1.165, 1.54) is 0 Å². The zero-order chi connectivity index (χ0) is 24.1. The molecule has 1 aliphatic heterocycles. The minimum absolute atomic E-state index is 0.0750. The minimum Gasteiger partial charge on any atom is -0.493 e. The molecule has 1 heterocycles. The molecule has 0 aromatic heterocycles. The van der Waals surface area contributed by atoms with Crippen LogP contribution in [-0.2, 0) is 25.5 Å². The highest BCUT2D eigenvalue weighted by atomic mass is 16.6. The Kier molecular flexibility index (Phi) is 7.23. The standard InChI is InChI=1S/C25H29NO8/c1-29-10-11-32-14-21(27)34-25(8-9-25)15-33-22-18(6-7-20(30-2)23(22)31-3)16-4-5-19-17(12-16)13-26-24(19)28/h4-7,12H,8-11,13-15H2,1-3H3,(H,26,28). The smallest absolute Gasteiger partial charge is 0.332 e. The lowest BCUT2D eigenvalue weighted by Crippen LogP contribution is -2.29. The molecule has 1 saturated carbocycles. The summed E-state index contributed by atoms with van der Waals surface area (Å²) in [7, 11) is 4.67. The molecule has 1 fully saturated rings. The molecule has 9 heteroatoms. The zero-order valence-corrected chi connectivity index (χ0v) is 19.6. The molecule has 2 aromatic rings. The summed E-state index contributed by atoms with van der Waals surface area (Å²) in [5.41, 5.74) is 2.55. The lowest BCUT2D eigenvalue weighted by molar-refractivity contribution is -0.158. The predicted octanol–water partition coefficient (Wildman–Crippen LogP) is 2.73. The van der Waals surface area contributed by atoms with Crippen LogP contribution >= 0.6 is 0 Å². The van der Waals surface area contributed by atoms with Crippen molar-refractivity contribution < 1.29 is 38.0 Å². The maximum Gasteiger partial charge on any atom is 0.332 e. The molecule has 2 aliphatic rings. The van der Waals surface area contributed by atoms with Crippen molar-refractivity contribution in [3.8, 4) is 28.4 Å². The highest BCUT2D eigenvalue weighted by molar-refractivity contribution is 5.99. The van der Waals surface area contributed by atoms with E-state index in [4.69, 9.17) is 28.4 Å². The van der Waals surface area contributed by atoms with E-state index in [-0.39, 0.29) is 19.1 Å². The minimum atomic E-state index is -0.693. The van der Waals surface area contributed by atoms with Crippen molar-refractivity contribution in [3.63, 3.8) is 0 Å². The van der Waals surface area contributed by atoms with Crippen molar-refractivity contribution in [1.82, 2.24) is 5.32 Å². The number of benzene rings is 2. The molecule has 0 unspecified atom stereocenters. The number of hydrogen-bond acceptors (Lipinski definition) is 8. The van der Waals surface area contributed by atoms with Crippen LogP contribution in [0, 0.1) is 0 Å². The Bertz CT molecular complexity index is 1060. The molecule has 0 bridgehead atoms. The van der Waals surface area contributed by atoms with Crippen molar-refractivity contribution in [1.29, 1.82) is 0 Å². The van der Waals surface area contributed by atoms with E-state index in [9.17, 15) is 9.59 Å². The number of fused-ring (bicyclic) bond motifs is 1. The van der Waals surface area contributed by atoms with Crippen molar-refractivity contribution >= 4 is 11.9 Å². The average molecular weight is 472 g/mol. The monoisotopic (exact) mass is 471 g/mol. The second-order valence-electron chi connectivity index (χ2n) is 8.22. The lowest BCUT2D eigenvalue weighted by atomic mass is 9.99. The summed E-state index contributed by atoms with van der Waals surface area (Å²) in [5, 5.41) is 2.83. The third kappa shape index (κ3) is 5.10. The molecule has 0 spiro atoms. The maximum atomic E-state index is 12.2. The van der Waals surface area contributed by atoms with Gasteiger partial charge in [-0.1, -0.05) is 6.07 Å². The third-order valence-electron chi connectivity index (χ3n) is 5.87. The van der Waals surface area contributed by atoms with E-state index in [0.29, 0.717) is 55.4 Å². The number of ether oxygens (including phenoxy) is 6. The van der Waals surface area contributed by atoms with Gasteiger partial charge < -0.3 is 33.7 Å². The van der Waals surface area contributed by atoms with E-state index in [1.807, 2.05) is 24.3 Å². The Morgan fingerprint density at radius 2 is 1.79 bits per heavy atom. The van der Waals surface area contributed by atoms with Gasteiger partial charge in [-0.05, 0) is 48.2 Å². The summed E-state index contributed by atoms with van der Waals surface area (Å²) in [6.45, 7) is 1.24. The van der Waals surface area contributed by atoms with E-state index in [0.717, 1.165) is 16.7 Å². The molecule has 1 aliphatic carbocycles. The number of amides is 1. The Morgan fingerprint density at radius 1 is 1.00 bits per heavy atom. The summed E-state index contributed by atoms with van der Waals surface area (Å²) in [6, 6.07) is 9.34. The lowest BCUT2D eigenvalue weighted by Gasteiger charge is -2.22. The zero-order valence-electron chi connectivity index (χ0n) is 19.6. The van der Waals surface area contributed by atoms with E-state index < -0.39 is 11.6 Å². The largest absolute Gasteiger partial charge is 0.493 e. The fourth-order valence-corrected chi connectivity index (χ4v) is 3.86. The number of esters is 1. The number of nitrogens with one attached hydrogen (secondary N) is 1. The van der Waals surface area contributed by atoms with Gasteiger partial charge in [-0.25, -0.2) is 4.79 Å². The van der Waals surface area contributed by atoms with Crippen molar-refractivity contribution in [2.75, 3.05) is 47.8 Å². The first-order valence-corrected chi connectivity index (χ1v) is 11.1. The Balaban J connectivity index is 1.54. The summed E-state index contributed by atoms with van der Waals surface area (Å²) < 4.78 is 33.1. The molecule has 0 radical (unpaired) electrons. The van der Waals surface area contributed by atoms with Gasteiger partial charge in [0.1, 0.15) is 18.8 Å². The molecule has 34 heavy (non-hydrogen) atoms. The van der Waals surface area contributed by atoms with Gasteiger partial charge in [0.05, 0.1) is 27.4 Å². The van der Waals surface area contributed by atoms with Crippen LogP contribution in [0.2, 0.25) is 0 Å². The van der Waals surface area contributed by atoms with Crippen LogP contribution in [0.3, 0.4) is 0 Å². The van der Waals surface area contributed by atoms with Gasteiger partial charge in [0.15, 0.2) is 11.5 Å². The van der Waals surface area contributed by atoms with Gasteiger partial charge in [0.2, 0.25) is 5.75 Å². The number of carbonyl (C=O) groups excluding carboxylic acids is 2. The van der Waals surface area contributed by atoms with Crippen LogP contribution in [-0.4, -0.2) is 65.2 Å². The third-order valence-corrected chi connectivity index (χ3v) is 5.87. The number of carbonyl (C=O) groups is 2. The van der Waals surface area contributed by atoms with Crippen LogP contribution in [0.25, 0.3) is 11.1 Å². The van der Waals surface area contributed by atoms with Crippen LogP contribution in [0.1, 0.15) is 28.8 Å². The fourth-order valence-electron chi connectivity index (χ4n) is 3.86. The number of hydrogen-bond donors (Lipinski definition) is 1. The van der Waals surface area contributed by atoms with Gasteiger partial charge in [0, 0.05) is 24.8 Å². The average Bonchev–Trinajstić information content (AvgIpc) is 3.52. The topological polar surface area (TPSA) is 102 Å². The second-order valence-corrected chi connectivity index (χ2v) is 8.22. The van der Waals surface area contributed by atoms with Gasteiger partial charge in [-0.15, -0.1) is 0 Å². The normalized spacial score (nSPS) is 15.3. The predicted molar refractivity (Wildman–Crippen MR) is 122 cm³/mol. The number of rotatable bonds is 12. The SMILES string of the molecule is COCCOCC(=O)OC1(COc2c(-c3ccc4c(c3)CNC4=O)ccc(OC)c2OC)CC1. The van der Waals surface area contributed by atoms with Crippen molar-refractivity contribution in [3.05, 3.63) is 41.5 Å². The first-order valence-electron chi connectivity index (χ1n) is 11.1. The van der Waals surface area contributed by atoms with Gasteiger partial charge >= 0.3 is 5.97 Å². The fraction of sp³-hybridized carbons (Fsp3) is 0.440. The van der Waals surface area contributed by atoms with Crippen LogP contribution in [0.15, 0.2) is 30.3 Å². The Morgan fingerprint density at radius 3 is 2.50 bits per heavy atom. The molecule has 2 aromatic carbocycles. The van der Waals surface area contributed by atoms with Crippen LogP contribution in [0.4, 0.5) is 0 Å². The first-order chi connectivity index (χ1) is 16.5. The molecule has 1 N–H and O–H groups in total. The quantitative estimate of drug-likeness (QED) is 0.373. The van der Waals surface area contributed by atoms with Crippen LogP contribution < -0.4 is 19.5 Å². The summed E-state index contributed by atoms with van der Waals surface area (Å²) in [6.07, 6.45) is 1.40. The molecule has 0 atom stereocenters. The summed E-state index contributed by atoms with van der Waals surface area (Å²) in [4.78, 5) is 24.1. The molecule has 1 amide bonds. The van der Waals surface area contributed by atoms with Crippen molar-refractivity contribution in [2.24, 2.45) is 0 Å². The van der Waals surface area contributed by atoms with Crippen LogP contribution in [0.5, 0.6) is 17.2 Å². The highest BCUT2D eigenvalue weighted by Gasteiger charge is 2.48. The molecular weight excluding hydrogens is 442 g/mol. The van der Waals surface area contributed by atoms with Gasteiger partial charge in [-0.2, -0.15) is 0 Å². The first kappa shape index (κ1) is 23.8. The molecule has 4 rings (SSSR count). The Labute approximate surface area is 198 Å². The highest BCUT2D eigenvalue weighted by Crippen LogP contribution is 2.47. The number of methoxy groups -OCH3 is 3. The van der Waals surface area contributed by atoms with E-state index >= 15 is 0 Å². The van der Waals surface area contributed by atoms with Gasteiger partial charge in [0.25, 0.3) is 5.91 Å². The van der Waals surface area contributed by atoms with E-state index in [2.05, 4.69) is 5.32 Å². The molecule has 9 nitrogen and oxygen atoms in total. The maximum absolute atomic E-state index is 12.2.